The first-order valence-corrected chi connectivity index (χ1v) is 9.15. The molecule has 27 heavy (non-hydrogen) atoms. The summed E-state index contributed by atoms with van der Waals surface area (Å²) in [7, 11) is 3.58. The molecule has 0 radical (unpaired) electrons. The van der Waals surface area contributed by atoms with Crippen LogP contribution in [0.3, 0.4) is 0 Å². The van der Waals surface area contributed by atoms with Crippen molar-refractivity contribution in [2.45, 2.75) is 32.4 Å². The van der Waals surface area contributed by atoms with E-state index in [4.69, 9.17) is 9.15 Å². The van der Waals surface area contributed by atoms with E-state index in [9.17, 15) is 4.79 Å². The molecule has 0 saturated carbocycles. The highest BCUT2D eigenvalue weighted by atomic mass is 16.5. The summed E-state index contributed by atoms with van der Waals surface area (Å²) in [5.41, 5.74) is 4.15. The van der Waals surface area contributed by atoms with Gasteiger partial charge in [-0.1, -0.05) is 6.07 Å². The number of rotatable bonds is 6. The maximum Gasteiger partial charge on any atom is 0.254 e. The lowest BCUT2D eigenvalue weighted by Crippen LogP contribution is -2.30. The van der Waals surface area contributed by atoms with Gasteiger partial charge in [-0.05, 0) is 55.2 Å². The number of ether oxygens (including phenoxy) is 1. The molecule has 3 aromatic rings. The molecule has 0 spiro atoms. The zero-order chi connectivity index (χ0) is 18.8. The summed E-state index contributed by atoms with van der Waals surface area (Å²) in [5, 5.41) is 4.68. The van der Waals surface area contributed by atoms with Crippen molar-refractivity contribution < 1.29 is 13.9 Å². The van der Waals surface area contributed by atoms with Gasteiger partial charge in [-0.2, -0.15) is 5.10 Å². The van der Waals surface area contributed by atoms with E-state index in [1.54, 1.807) is 24.3 Å². The van der Waals surface area contributed by atoms with Crippen molar-refractivity contribution in [1.82, 2.24) is 14.7 Å². The monoisotopic (exact) mass is 365 g/mol. The number of carbonyl (C=O) groups is 1. The third-order valence-corrected chi connectivity index (χ3v) is 5.07. The van der Waals surface area contributed by atoms with Gasteiger partial charge >= 0.3 is 0 Å². The Balaban J connectivity index is 1.64. The molecule has 2 aromatic heterocycles. The van der Waals surface area contributed by atoms with Crippen LogP contribution in [0.25, 0.3) is 0 Å². The number of aryl methyl sites for hydroxylation is 1. The Kier molecular flexibility index (Phi) is 4.71. The summed E-state index contributed by atoms with van der Waals surface area (Å²) < 4.78 is 12.7. The number of carbonyl (C=O) groups excluding carboxylic acids is 1. The number of hydrogen-bond acceptors (Lipinski definition) is 4. The van der Waals surface area contributed by atoms with E-state index in [2.05, 4.69) is 5.10 Å². The molecule has 0 N–H and O–H groups in total. The lowest BCUT2D eigenvalue weighted by molar-refractivity contribution is 0.0714. The molecule has 2 heterocycles. The van der Waals surface area contributed by atoms with E-state index >= 15 is 0 Å². The second-order valence-corrected chi connectivity index (χ2v) is 6.82. The second kappa shape index (κ2) is 7.31. The molecule has 1 aromatic carbocycles. The van der Waals surface area contributed by atoms with Gasteiger partial charge in [0.2, 0.25) is 0 Å². The van der Waals surface area contributed by atoms with Crippen molar-refractivity contribution >= 4 is 5.91 Å². The Labute approximate surface area is 158 Å². The predicted octanol–water partition coefficient (Wildman–Crippen LogP) is 3.35. The summed E-state index contributed by atoms with van der Waals surface area (Å²) in [5.74, 6) is 1.35. The number of aromatic nitrogens is 2. The van der Waals surface area contributed by atoms with Gasteiger partial charge in [0.25, 0.3) is 5.91 Å². The number of furan rings is 1. The van der Waals surface area contributed by atoms with Crippen LogP contribution in [0.15, 0.2) is 47.1 Å². The molecule has 1 aliphatic rings. The average Bonchev–Trinajstić information content (AvgIpc) is 3.42. The Morgan fingerprint density at radius 2 is 2.15 bits per heavy atom. The molecule has 1 amide bonds. The van der Waals surface area contributed by atoms with Gasteiger partial charge < -0.3 is 14.1 Å². The molecule has 0 unspecified atom stereocenters. The minimum Gasteiger partial charge on any atom is -0.497 e. The highest BCUT2D eigenvalue weighted by Gasteiger charge is 2.25. The molecule has 0 saturated heterocycles. The minimum atomic E-state index is -0.0669. The van der Waals surface area contributed by atoms with Gasteiger partial charge in [-0.15, -0.1) is 0 Å². The summed E-state index contributed by atoms with van der Waals surface area (Å²) in [6.45, 7) is 0.855. The summed E-state index contributed by atoms with van der Waals surface area (Å²) >= 11 is 0. The molecule has 6 nitrogen and oxygen atoms in total. The van der Waals surface area contributed by atoms with Crippen molar-refractivity contribution in [3.05, 3.63) is 70.9 Å². The van der Waals surface area contributed by atoms with Crippen molar-refractivity contribution in [3.63, 3.8) is 0 Å². The fraction of sp³-hybridized carbons (Fsp3) is 0.333. The van der Waals surface area contributed by atoms with Gasteiger partial charge in [0.1, 0.15) is 11.5 Å². The van der Waals surface area contributed by atoms with Crippen LogP contribution >= 0.6 is 0 Å². The molecule has 4 rings (SSSR count). The first-order valence-electron chi connectivity index (χ1n) is 9.15. The number of nitrogens with zero attached hydrogens (tertiary/aromatic N) is 3. The Morgan fingerprint density at radius 3 is 2.93 bits per heavy atom. The van der Waals surface area contributed by atoms with Gasteiger partial charge in [-0.25, -0.2) is 0 Å². The molecule has 1 aliphatic carbocycles. The first kappa shape index (κ1) is 17.4. The molecule has 0 fully saturated rings. The highest BCUT2D eigenvalue weighted by Crippen LogP contribution is 2.26. The van der Waals surface area contributed by atoms with Crippen LogP contribution in [-0.4, -0.2) is 27.7 Å². The van der Waals surface area contributed by atoms with E-state index in [-0.39, 0.29) is 5.91 Å². The number of methoxy groups -OCH3 is 1. The molecular formula is C21H23N3O3. The Hall–Kier alpha value is -3.02. The third kappa shape index (κ3) is 3.47. The maximum absolute atomic E-state index is 13.2. The number of benzene rings is 1. The molecule has 0 aliphatic heterocycles. The van der Waals surface area contributed by atoms with Gasteiger partial charge in [0.15, 0.2) is 0 Å². The van der Waals surface area contributed by atoms with E-state index < -0.39 is 0 Å². The smallest absolute Gasteiger partial charge is 0.254 e. The third-order valence-electron chi connectivity index (χ3n) is 5.07. The molecule has 0 bridgehead atoms. The zero-order valence-corrected chi connectivity index (χ0v) is 15.6. The van der Waals surface area contributed by atoms with Crippen LogP contribution in [0, 0.1) is 0 Å². The lowest BCUT2D eigenvalue weighted by atomic mass is 10.1. The fourth-order valence-electron chi connectivity index (χ4n) is 3.73. The van der Waals surface area contributed by atoms with Crippen LogP contribution in [0.5, 0.6) is 5.75 Å². The SMILES string of the molecule is COc1cccc(C(=O)N(Cc2ccco2)Cc2nn(C)c3c2CCC3)c1. The molecular weight excluding hydrogens is 342 g/mol. The number of hydrogen-bond donors (Lipinski definition) is 0. The van der Waals surface area contributed by atoms with Crippen LogP contribution in [0.4, 0.5) is 0 Å². The summed E-state index contributed by atoms with van der Waals surface area (Å²) in [4.78, 5) is 15.0. The van der Waals surface area contributed by atoms with Gasteiger partial charge in [-0.3, -0.25) is 9.48 Å². The summed E-state index contributed by atoms with van der Waals surface area (Å²) in [6, 6.07) is 11.0. The Morgan fingerprint density at radius 1 is 1.26 bits per heavy atom. The van der Waals surface area contributed by atoms with Crippen molar-refractivity contribution in [2.24, 2.45) is 7.05 Å². The van der Waals surface area contributed by atoms with Crippen LogP contribution in [0.1, 0.15) is 39.5 Å². The predicted molar refractivity (Wildman–Crippen MR) is 101 cm³/mol. The van der Waals surface area contributed by atoms with Gasteiger partial charge in [0.05, 0.1) is 32.2 Å². The highest BCUT2D eigenvalue weighted by molar-refractivity contribution is 5.94. The standard InChI is InChI=1S/C21H23N3O3/c1-23-20-10-4-9-18(20)19(22-23)14-24(13-17-8-5-11-27-17)21(25)15-6-3-7-16(12-15)26-2/h3,5-8,11-12H,4,9-10,13-14H2,1-2H3. The lowest BCUT2D eigenvalue weighted by Gasteiger charge is -2.21. The van der Waals surface area contributed by atoms with Crippen molar-refractivity contribution in [1.29, 1.82) is 0 Å². The molecule has 6 heteroatoms. The summed E-state index contributed by atoms with van der Waals surface area (Å²) in [6.07, 6.45) is 4.86. The van der Waals surface area contributed by atoms with E-state index in [1.807, 2.05) is 42.1 Å². The topological polar surface area (TPSA) is 60.5 Å². The largest absolute Gasteiger partial charge is 0.497 e. The van der Waals surface area contributed by atoms with E-state index in [1.165, 1.54) is 11.3 Å². The average molecular weight is 365 g/mol. The van der Waals surface area contributed by atoms with Gasteiger partial charge in [0, 0.05) is 18.3 Å². The van der Waals surface area contributed by atoms with Crippen LogP contribution < -0.4 is 4.74 Å². The quantitative estimate of drug-likeness (QED) is 0.672. The fourth-order valence-corrected chi connectivity index (χ4v) is 3.73. The molecule has 140 valence electrons. The van der Waals surface area contributed by atoms with E-state index in [0.717, 1.165) is 30.7 Å². The van der Waals surface area contributed by atoms with Crippen molar-refractivity contribution in [2.75, 3.05) is 7.11 Å². The number of fused-ring (bicyclic) bond motifs is 1. The van der Waals surface area contributed by atoms with Crippen molar-refractivity contribution in [3.8, 4) is 5.75 Å². The Bertz CT molecular complexity index is 944. The maximum atomic E-state index is 13.2. The molecule has 0 atom stereocenters. The minimum absolute atomic E-state index is 0.0669. The second-order valence-electron chi connectivity index (χ2n) is 6.82. The number of amides is 1. The first-order chi connectivity index (χ1) is 13.2. The van der Waals surface area contributed by atoms with E-state index in [0.29, 0.717) is 24.4 Å². The zero-order valence-electron chi connectivity index (χ0n) is 15.6. The van der Waals surface area contributed by atoms with Crippen LogP contribution in [0.2, 0.25) is 0 Å². The van der Waals surface area contributed by atoms with Crippen LogP contribution in [-0.2, 0) is 33.0 Å². The normalized spacial score (nSPS) is 12.8.